The Morgan fingerprint density at radius 1 is 1.20 bits per heavy atom. The molecule has 0 fully saturated rings. The van der Waals surface area contributed by atoms with Gasteiger partial charge in [0.1, 0.15) is 11.6 Å². The van der Waals surface area contributed by atoms with Gasteiger partial charge in [-0.05, 0) is 43.2 Å². The maximum Gasteiger partial charge on any atom is 0.146 e. The van der Waals surface area contributed by atoms with Crippen LogP contribution < -0.4 is 15.8 Å². The zero-order chi connectivity index (χ0) is 14.5. The van der Waals surface area contributed by atoms with E-state index >= 15 is 0 Å². The van der Waals surface area contributed by atoms with Crippen LogP contribution in [-0.4, -0.2) is 6.61 Å². The number of benzene rings is 2. The third-order valence-corrected chi connectivity index (χ3v) is 2.92. The van der Waals surface area contributed by atoms with Crippen molar-refractivity contribution in [3.8, 4) is 5.75 Å². The number of anilines is 3. The van der Waals surface area contributed by atoms with Gasteiger partial charge in [-0.15, -0.1) is 0 Å². The fourth-order valence-corrected chi connectivity index (χ4v) is 1.86. The fraction of sp³-hybridized carbons (Fsp3) is 0.250. The van der Waals surface area contributed by atoms with Gasteiger partial charge >= 0.3 is 0 Å². The Balaban J connectivity index is 2.24. The Morgan fingerprint density at radius 3 is 2.70 bits per heavy atom. The molecule has 0 aliphatic carbocycles. The van der Waals surface area contributed by atoms with Gasteiger partial charge in [0.15, 0.2) is 0 Å². The van der Waals surface area contributed by atoms with Crippen molar-refractivity contribution in [3.05, 3.63) is 47.8 Å². The maximum atomic E-state index is 13.8. The van der Waals surface area contributed by atoms with Crippen molar-refractivity contribution >= 4 is 17.1 Å². The Labute approximate surface area is 118 Å². The van der Waals surface area contributed by atoms with Crippen LogP contribution in [-0.2, 0) is 0 Å². The molecule has 0 aliphatic heterocycles. The number of ether oxygens (including phenoxy) is 1. The minimum absolute atomic E-state index is 0.302. The normalized spacial score (nSPS) is 10.3. The molecule has 0 atom stereocenters. The van der Waals surface area contributed by atoms with E-state index < -0.39 is 0 Å². The SMILES string of the molecule is CCCOc1cccc(Nc2ccc(C)cc2F)c1N. The number of hydrogen-bond donors (Lipinski definition) is 2. The Kier molecular flexibility index (Phi) is 4.45. The summed E-state index contributed by atoms with van der Waals surface area (Å²) in [5, 5.41) is 3.00. The third kappa shape index (κ3) is 3.20. The molecule has 0 aliphatic rings. The molecular formula is C16H19FN2O. The summed E-state index contributed by atoms with van der Waals surface area (Å²) in [5.41, 5.74) is 8.44. The highest BCUT2D eigenvalue weighted by molar-refractivity contribution is 5.77. The predicted molar refractivity (Wildman–Crippen MR) is 81.1 cm³/mol. The van der Waals surface area contributed by atoms with E-state index in [0.29, 0.717) is 29.4 Å². The number of nitrogens with two attached hydrogens (primary N) is 1. The van der Waals surface area contributed by atoms with Crippen LogP contribution in [0.1, 0.15) is 18.9 Å². The molecule has 0 aromatic heterocycles. The van der Waals surface area contributed by atoms with E-state index in [1.54, 1.807) is 12.1 Å². The zero-order valence-electron chi connectivity index (χ0n) is 11.7. The summed E-state index contributed by atoms with van der Waals surface area (Å²) < 4.78 is 19.4. The molecule has 2 aromatic rings. The van der Waals surface area contributed by atoms with Crippen molar-refractivity contribution in [1.29, 1.82) is 0 Å². The molecule has 0 bridgehead atoms. The topological polar surface area (TPSA) is 47.3 Å². The maximum absolute atomic E-state index is 13.8. The van der Waals surface area contributed by atoms with Crippen molar-refractivity contribution < 1.29 is 9.13 Å². The smallest absolute Gasteiger partial charge is 0.146 e. The van der Waals surface area contributed by atoms with E-state index in [0.717, 1.165) is 12.0 Å². The van der Waals surface area contributed by atoms with Gasteiger partial charge in [0.2, 0.25) is 0 Å². The first-order valence-electron chi connectivity index (χ1n) is 6.66. The Hall–Kier alpha value is -2.23. The van der Waals surface area contributed by atoms with Crippen LogP contribution in [0, 0.1) is 12.7 Å². The monoisotopic (exact) mass is 274 g/mol. The van der Waals surface area contributed by atoms with Crippen LogP contribution in [0.25, 0.3) is 0 Å². The van der Waals surface area contributed by atoms with Crippen LogP contribution >= 0.6 is 0 Å². The average Bonchev–Trinajstić information content (AvgIpc) is 2.42. The third-order valence-electron chi connectivity index (χ3n) is 2.92. The van der Waals surface area contributed by atoms with E-state index in [9.17, 15) is 4.39 Å². The number of halogens is 1. The van der Waals surface area contributed by atoms with Gasteiger partial charge in [-0.2, -0.15) is 0 Å². The predicted octanol–water partition coefficient (Wildman–Crippen LogP) is 4.25. The van der Waals surface area contributed by atoms with Crippen LogP contribution in [0.4, 0.5) is 21.5 Å². The van der Waals surface area contributed by atoms with Crippen LogP contribution in [0.3, 0.4) is 0 Å². The molecule has 106 valence electrons. The fourth-order valence-electron chi connectivity index (χ4n) is 1.86. The van der Waals surface area contributed by atoms with Crippen LogP contribution in [0.2, 0.25) is 0 Å². The van der Waals surface area contributed by atoms with Gasteiger partial charge in [0.25, 0.3) is 0 Å². The molecule has 3 N–H and O–H groups in total. The van der Waals surface area contributed by atoms with Crippen molar-refractivity contribution in [2.24, 2.45) is 0 Å². The summed E-state index contributed by atoms with van der Waals surface area (Å²) in [6.45, 7) is 4.48. The molecule has 2 rings (SSSR count). The molecule has 0 saturated carbocycles. The molecule has 4 heteroatoms. The summed E-state index contributed by atoms with van der Waals surface area (Å²) >= 11 is 0. The molecule has 0 spiro atoms. The van der Waals surface area contributed by atoms with Crippen LogP contribution in [0.15, 0.2) is 36.4 Å². The summed E-state index contributed by atoms with van der Waals surface area (Å²) in [6.07, 6.45) is 0.906. The molecule has 0 unspecified atom stereocenters. The summed E-state index contributed by atoms with van der Waals surface area (Å²) in [4.78, 5) is 0. The number of nitrogen functional groups attached to an aromatic ring is 1. The van der Waals surface area contributed by atoms with E-state index in [-0.39, 0.29) is 5.82 Å². The lowest BCUT2D eigenvalue weighted by molar-refractivity contribution is 0.319. The standard InChI is InChI=1S/C16H19FN2O/c1-3-9-20-15-6-4-5-14(16(15)18)19-13-8-7-11(2)10-12(13)17/h4-8,10,19H,3,9,18H2,1-2H3. The number of nitrogens with one attached hydrogen (secondary N) is 1. The van der Waals surface area contributed by atoms with E-state index in [2.05, 4.69) is 5.32 Å². The highest BCUT2D eigenvalue weighted by atomic mass is 19.1. The Bertz CT molecular complexity index is 599. The first-order valence-corrected chi connectivity index (χ1v) is 6.66. The minimum Gasteiger partial charge on any atom is -0.491 e. The van der Waals surface area contributed by atoms with E-state index in [1.165, 1.54) is 6.07 Å². The lowest BCUT2D eigenvalue weighted by Gasteiger charge is -2.14. The zero-order valence-corrected chi connectivity index (χ0v) is 11.7. The average molecular weight is 274 g/mol. The first-order chi connectivity index (χ1) is 9.61. The second-order valence-electron chi connectivity index (χ2n) is 4.67. The molecule has 0 saturated heterocycles. The highest BCUT2D eigenvalue weighted by Crippen LogP contribution is 2.32. The van der Waals surface area contributed by atoms with Gasteiger partial charge in [0, 0.05) is 0 Å². The van der Waals surface area contributed by atoms with Crippen LogP contribution in [0.5, 0.6) is 5.75 Å². The summed E-state index contributed by atoms with van der Waals surface area (Å²) in [6, 6.07) is 10.5. The van der Waals surface area contributed by atoms with Crippen molar-refractivity contribution in [3.63, 3.8) is 0 Å². The Morgan fingerprint density at radius 2 is 2.00 bits per heavy atom. The number of para-hydroxylation sites is 1. The largest absolute Gasteiger partial charge is 0.491 e. The van der Waals surface area contributed by atoms with Gasteiger partial charge in [-0.3, -0.25) is 0 Å². The molecule has 0 heterocycles. The quantitative estimate of drug-likeness (QED) is 0.801. The van der Waals surface area contributed by atoms with E-state index in [1.807, 2.05) is 32.0 Å². The molecule has 0 radical (unpaired) electrons. The van der Waals surface area contributed by atoms with Gasteiger partial charge in [0.05, 0.1) is 23.7 Å². The number of rotatable bonds is 5. The van der Waals surface area contributed by atoms with Crippen molar-refractivity contribution in [2.75, 3.05) is 17.7 Å². The van der Waals surface area contributed by atoms with E-state index in [4.69, 9.17) is 10.5 Å². The van der Waals surface area contributed by atoms with Crippen molar-refractivity contribution in [1.82, 2.24) is 0 Å². The van der Waals surface area contributed by atoms with Gasteiger partial charge < -0.3 is 15.8 Å². The molecule has 20 heavy (non-hydrogen) atoms. The van der Waals surface area contributed by atoms with Crippen molar-refractivity contribution in [2.45, 2.75) is 20.3 Å². The number of hydrogen-bond acceptors (Lipinski definition) is 3. The second kappa shape index (κ2) is 6.28. The molecule has 0 amide bonds. The lowest BCUT2D eigenvalue weighted by Crippen LogP contribution is -2.03. The number of aryl methyl sites for hydroxylation is 1. The molecule has 2 aromatic carbocycles. The van der Waals surface area contributed by atoms with Gasteiger partial charge in [-0.25, -0.2) is 4.39 Å². The van der Waals surface area contributed by atoms with Gasteiger partial charge in [-0.1, -0.05) is 19.1 Å². The molecular weight excluding hydrogens is 255 g/mol. The minimum atomic E-state index is -0.302. The first kappa shape index (κ1) is 14.2. The second-order valence-corrected chi connectivity index (χ2v) is 4.67. The summed E-state index contributed by atoms with van der Waals surface area (Å²) in [5.74, 6) is 0.314. The highest BCUT2D eigenvalue weighted by Gasteiger charge is 2.08. The molecule has 3 nitrogen and oxygen atoms in total. The summed E-state index contributed by atoms with van der Waals surface area (Å²) in [7, 11) is 0. The lowest BCUT2D eigenvalue weighted by atomic mass is 10.2.